The Hall–Kier alpha value is -3.13. The van der Waals surface area contributed by atoms with Crippen molar-refractivity contribution in [3.05, 3.63) is 58.1 Å². The summed E-state index contributed by atoms with van der Waals surface area (Å²) in [4.78, 5) is 38.1. The van der Waals surface area contributed by atoms with Crippen molar-refractivity contribution in [1.29, 1.82) is 0 Å². The van der Waals surface area contributed by atoms with Crippen molar-refractivity contribution in [2.24, 2.45) is 0 Å². The lowest BCUT2D eigenvalue weighted by atomic mass is 10.1. The molecule has 1 saturated heterocycles. The van der Waals surface area contributed by atoms with E-state index < -0.39 is 17.8 Å². The van der Waals surface area contributed by atoms with Crippen LogP contribution in [0, 0.1) is 0 Å². The molecule has 1 aliphatic rings. The van der Waals surface area contributed by atoms with Gasteiger partial charge >= 0.3 is 6.03 Å². The van der Waals surface area contributed by atoms with E-state index in [1.807, 2.05) is 0 Å². The predicted molar refractivity (Wildman–Crippen MR) is 102 cm³/mol. The monoisotopic (exact) mass is 430 g/mol. The maximum Gasteiger partial charge on any atom is 0.335 e. The van der Waals surface area contributed by atoms with Gasteiger partial charge in [0.05, 0.1) is 12.3 Å². The Kier molecular flexibility index (Phi) is 5.27. The van der Waals surface area contributed by atoms with E-state index in [2.05, 4.69) is 21.2 Å². The van der Waals surface area contributed by atoms with Gasteiger partial charge in [-0.3, -0.25) is 14.9 Å². The Morgan fingerprint density at radius 1 is 1.19 bits per heavy atom. The number of halogens is 1. The summed E-state index contributed by atoms with van der Waals surface area (Å²) >= 11 is 3.29. The molecule has 4 amide bonds. The normalized spacial score (nSPS) is 15.9. The van der Waals surface area contributed by atoms with Crippen LogP contribution >= 0.6 is 15.9 Å². The van der Waals surface area contributed by atoms with Crippen LogP contribution in [0.5, 0.6) is 11.5 Å². The number of phenolic OH excluding ortho intramolecular Hbond substituents is 1. The average molecular weight is 431 g/mol. The largest absolute Gasteiger partial charge is 0.504 e. The van der Waals surface area contributed by atoms with Crippen LogP contribution in [0.4, 0.5) is 10.5 Å². The van der Waals surface area contributed by atoms with Gasteiger partial charge in [0.1, 0.15) is 5.57 Å². The summed E-state index contributed by atoms with van der Waals surface area (Å²) in [7, 11) is 0. The van der Waals surface area contributed by atoms with Crippen molar-refractivity contribution in [2.45, 2.75) is 6.92 Å². The Morgan fingerprint density at radius 2 is 1.96 bits per heavy atom. The van der Waals surface area contributed by atoms with Gasteiger partial charge in [0.2, 0.25) is 0 Å². The van der Waals surface area contributed by atoms with Crippen molar-refractivity contribution in [2.75, 3.05) is 11.5 Å². The molecule has 2 N–H and O–H groups in total. The Labute approximate surface area is 163 Å². The van der Waals surface area contributed by atoms with Crippen molar-refractivity contribution >= 4 is 45.5 Å². The van der Waals surface area contributed by atoms with E-state index in [0.29, 0.717) is 22.3 Å². The van der Waals surface area contributed by atoms with E-state index in [9.17, 15) is 19.5 Å². The van der Waals surface area contributed by atoms with Crippen LogP contribution in [0.1, 0.15) is 12.5 Å². The Balaban J connectivity index is 2.00. The number of nitrogens with one attached hydrogen (secondary N) is 1. The number of amides is 4. The fourth-order valence-corrected chi connectivity index (χ4v) is 2.95. The van der Waals surface area contributed by atoms with E-state index in [-0.39, 0.29) is 17.1 Å². The van der Waals surface area contributed by atoms with Gasteiger partial charge < -0.3 is 9.84 Å². The topological polar surface area (TPSA) is 95.9 Å². The molecule has 0 atom stereocenters. The van der Waals surface area contributed by atoms with E-state index in [4.69, 9.17) is 4.74 Å². The summed E-state index contributed by atoms with van der Waals surface area (Å²) in [5.41, 5.74) is 0.590. The molecular weight excluding hydrogens is 416 g/mol. The third kappa shape index (κ3) is 3.85. The SMILES string of the molecule is CCOc1cc(/C=C2\C(=O)NC(=O)N(c3cccc(Br)c3)C2=O)ccc1O. The second-order valence-corrected chi connectivity index (χ2v) is 6.51. The van der Waals surface area contributed by atoms with Crippen molar-refractivity contribution < 1.29 is 24.2 Å². The minimum Gasteiger partial charge on any atom is -0.504 e. The number of phenols is 1. The summed E-state index contributed by atoms with van der Waals surface area (Å²) in [5.74, 6) is -1.35. The smallest absolute Gasteiger partial charge is 0.335 e. The van der Waals surface area contributed by atoms with Crippen molar-refractivity contribution in [3.63, 3.8) is 0 Å². The van der Waals surface area contributed by atoms with Crippen LogP contribution in [-0.2, 0) is 9.59 Å². The first-order valence-electron chi connectivity index (χ1n) is 8.03. The van der Waals surface area contributed by atoms with Gasteiger partial charge in [-0.2, -0.15) is 0 Å². The highest BCUT2D eigenvalue weighted by Crippen LogP contribution is 2.29. The summed E-state index contributed by atoms with van der Waals surface area (Å²) in [6.45, 7) is 2.11. The minimum absolute atomic E-state index is 0.0515. The second kappa shape index (κ2) is 7.63. The lowest BCUT2D eigenvalue weighted by Gasteiger charge is -2.26. The van der Waals surface area contributed by atoms with Gasteiger partial charge in [-0.05, 0) is 48.9 Å². The zero-order chi connectivity index (χ0) is 19.6. The standard InChI is InChI=1S/C19H15BrN2O5/c1-2-27-16-9-11(6-7-15(16)23)8-14-17(24)21-19(26)22(18(14)25)13-5-3-4-12(20)10-13/h3-10,23H,2H2,1H3,(H,21,24,26)/b14-8+. The minimum atomic E-state index is -0.819. The molecule has 1 heterocycles. The molecule has 7 nitrogen and oxygen atoms in total. The second-order valence-electron chi connectivity index (χ2n) is 5.60. The fraction of sp³-hybridized carbons (Fsp3) is 0.105. The quantitative estimate of drug-likeness (QED) is 0.573. The number of benzene rings is 2. The molecule has 8 heteroatoms. The third-order valence-electron chi connectivity index (χ3n) is 3.76. The Morgan fingerprint density at radius 3 is 2.67 bits per heavy atom. The van der Waals surface area contributed by atoms with E-state index >= 15 is 0 Å². The number of carbonyl (C=O) groups is 3. The maximum atomic E-state index is 12.8. The van der Waals surface area contributed by atoms with E-state index in [1.54, 1.807) is 31.2 Å². The number of hydrogen-bond donors (Lipinski definition) is 2. The molecule has 0 aliphatic carbocycles. The lowest BCUT2D eigenvalue weighted by Crippen LogP contribution is -2.54. The highest BCUT2D eigenvalue weighted by Gasteiger charge is 2.36. The molecule has 0 unspecified atom stereocenters. The summed E-state index contributed by atoms with van der Waals surface area (Å²) < 4.78 is 5.99. The van der Waals surface area contributed by atoms with E-state index in [0.717, 1.165) is 4.90 Å². The van der Waals surface area contributed by atoms with Crippen molar-refractivity contribution in [3.8, 4) is 11.5 Å². The zero-order valence-corrected chi connectivity index (χ0v) is 15.8. The molecule has 27 heavy (non-hydrogen) atoms. The van der Waals surface area contributed by atoms with Gasteiger partial charge in [0.15, 0.2) is 11.5 Å². The fourth-order valence-electron chi connectivity index (χ4n) is 2.57. The molecular formula is C19H15BrN2O5. The zero-order valence-electron chi connectivity index (χ0n) is 14.2. The number of anilines is 1. The Bertz CT molecular complexity index is 970. The molecule has 3 rings (SSSR count). The molecule has 0 saturated carbocycles. The lowest BCUT2D eigenvalue weighted by molar-refractivity contribution is -0.122. The van der Waals surface area contributed by atoms with Gasteiger partial charge in [-0.15, -0.1) is 0 Å². The van der Waals surface area contributed by atoms with Crippen LogP contribution in [0.2, 0.25) is 0 Å². The molecule has 2 aromatic carbocycles. The number of ether oxygens (including phenoxy) is 1. The average Bonchev–Trinajstić information content (AvgIpc) is 2.61. The number of urea groups is 1. The first kappa shape index (κ1) is 18.7. The van der Waals surface area contributed by atoms with Crippen LogP contribution in [0.25, 0.3) is 6.08 Å². The van der Waals surface area contributed by atoms with Gasteiger partial charge in [-0.1, -0.05) is 28.1 Å². The molecule has 1 fully saturated rings. The number of aromatic hydroxyl groups is 1. The molecule has 2 aromatic rings. The molecule has 0 radical (unpaired) electrons. The van der Waals surface area contributed by atoms with Crippen LogP contribution in [0.15, 0.2) is 52.5 Å². The molecule has 138 valence electrons. The number of carbonyl (C=O) groups excluding carboxylic acids is 3. The van der Waals surface area contributed by atoms with Crippen molar-refractivity contribution in [1.82, 2.24) is 5.32 Å². The highest BCUT2D eigenvalue weighted by molar-refractivity contribution is 9.10. The molecule has 0 bridgehead atoms. The first-order valence-corrected chi connectivity index (χ1v) is 8.83. The molecule has 1 aliphatic heterocycles. The van der Waals surface area contributed by atoms with Gasteiger partial charge in [0, 0.05) is 4.47 Å². The maximum absolute atomic E-state index is 12.8. The third-order valence-corrected chi connectivity index (χ3v) is 4.26. The predicted octanol–water partition coefficient (Wildman–Crippen LogP) is 3.22. The van der Waals surface area contributed by atoms with Crippen LogP contribution < -0.4 is 15.0 Å². The van der Waals surface area contributed by atoms with Crippen LogP contribution in [-0.4, -0.2) is 29.6 Å². The summed E-state index contributed by atoms with van der Waals surface area (Å²) in [6.07, 6.45) is 1.34. The van der Waals surface area contributed by atoms with Crippen LogP contribution in [0.3, 0.4) is 0 Å². The highest BCUT2D eigenvalue weighted by atomic mass is 79.9. The molecule has 0 spiro atoms. The first-order chi connectivity index (χ1) is 12.9. The number of barbiturate groups is 1. The number of rotatable bonds is 4. The summed E-state index contributed by atoms with van der Waals surface area (Å²) in [5, 5.41) is 11.9. The van der Waals surface area contributed by atoms with Gasteiger partial charge in [-0.25, -0.2) is 9.69 Å². The molecule has 0 aromatic heterocycles. The van der Waals surface area contributed by atoms with E-state index in [1.165, 1.54) is 24.3 Å². The number of imide groups is 2. The summed E-state index contributed by atoms with van der Waals surface area (Å²) in [6, 6.07) is 10.2. The van der Waals surface area contributed by atoms with Gasteiger partial charge in [0.25, 0.3) is 11.8 Å². The number of hydrogen-bond acceptors (Lipinski definition) is 5. The number of nitrogens with zero attached hydrogens (tertiary/aromatic N) is 1.